The number of hydrogen-bond donors (Lipinski definition) is 1. The lowest BCUT2D eigenvalue weighted by Gasteiger charge is -2.11. The third kappa shape index (κ3) is 4.62. The highest BCUT2D eigenvalue weighted by Crippen LogP contribution is 2.22. The third-order valence-electron chi connectivity index (χ3n) is 3.91. The molecule has 0 aliphatic carbocycles. The van der Waals surface area contributed by atoms with Gasteiger partial charge in [0.15, 0.2) is 10.9 Å². The second-order valence-electron chi connectivity index (χ2n) is 6.19. The van der Waals surface area contributed by atoms with Crippen molar-refractivity contribution < 1.29 is 9.59 Å². The van der Waals surface area contributed by atoms with Crippen molar-refractivity contribution in [2.45, 2.75) is 25.0 Å². The number of nitrogens with zero attached hydrogens (tertiary/aromatic N) is 3. The molecule has 0 aliphatic rings. The summed E-state index contributed by atoms with van der Waals surface area (Å²) in [6.45, 7) is 4.05. The van der Waals surface area contributed by atoms with Gasteiger partial charge < -0.3 is 9.88 Å². The Morgan fingerprint density at radius 1 is 1.07 bits per heavy atom. The molecule has 3 aromatic rings. The molecule has 1 heterocycles. The number of carbonyl (C=O) groups excluding carboxylic acids is 2. The Morgan fingerprint density at radius 3 is 2.52 bits per heavy atom. The molecule has 1 amide bonds. The minimum Gasteiger partial charge on any atom is -0.325 e. The molecule has 0 saturated carbocycles. The van der Waals surface area contributed by atoms with Gasteiger partial charge in [-0.15, -0.1) is 10.2 Å². The van der Waals surface area contributed by atoms with Crippen LogP contribution in [-0.4, -0.2) is 32.2 Å². The number of aromatic nitrogens is 3. The second kappa shape index (κ2) is 8.64. The Morgan fingerprint density at radius 2 is 1.78 bits per heavy atom. The summed E-state index contributed by atoms with van der Waals surface area (Å²) in [4.78, 5) is 25.1. The minimum absolute atomic E-state index is 0.126. The van der Waals surface area contributed by atoms with Crippen molar-refractivity contribution >= 4 is 29.1 Å². The van der Waals surface area contributed by atoms with Crippen LogP contribution in [0.3, 0.4) is 0 Å². The van der Waals surface area contributed by atoms with Crippen molar-refractivity contribution in [1.29, 1.82) is 0 Å². The van der Waals surface area contributed by atoms with E-state index in [1.807, 2.05) is 36.6 Å². The van der Waals surface area contributed by atoms with Crippen LogP contribution in [0.1, 0.15) is 35.8 Å². The summed E-state index contributed by atoms with van der Waals surface area (Å²) in [6.07, 6.45) is 1.65. The highest BCUT2D eigenvalue weighted by atomic mass is 32.2. The van der Waals surface area contributed by atoms with Gasteiger partial charge in [-0.3, -0.25) is 9.59 Å². The highest BCUT2D eigenvalue weighted by Gasteiger charge is 2.16. The van der Waals surface area contributed by atoms with E-state index in [4.69, 9.17) is 0 Å². The maximum absolute atomic E-state index is 12.7. The van der Waals surface area contributed by atoms with Crippen LogP contribution in [0.15, 0.2) is 66.1 Å². The Bertz CT molecular complexity index is 938. The Labute approximate surface area is 162 Å². The van der Waals surface area contributed by atoms with Crippen LogP contribution in [-0.2, 0) is 4.79 Å². The standard InChI is InChI=1S/C20H20N4O2S/c1-14(2)24-13-21-23-20(24)27-12-18(25)22-17-11-7-6-10-16(17)19(26)15-8-4-3-5-9-15/h3-11,13-14H,12H2,1-2H3,(H,22,25). The molecule has 0 atom stereocenters. The van der Waals surface area contributed by atoms with E-state index < -0.39 is 0 Å². The predicted molar refractivity (Wildman–Crippen MR) is 106 cm³/mol. The third-order valence-corrected chi connectivity index (χ3v) is 4.87. The number of thioether (sulfide) groups is 1. The van der Waals surface area contributed by atoms with Crippen molar-refractivity contribution in [3.05, 3.63) is 72.1 Å². The lowest BCUT2D eigenvalue weighted by Crippen LogP contribution is -2.17. The minimum atomic E-state index is -0.202. The molecule has 0 unspecified atom stereocenters. The molecule has 0 bridgehead atoms. The first-order chi connectivity index (χ1) is 13.1. The number of nitrogens with one attached hydrogen (secondary N) is 1. The molecule has 0 fully saturated rings. The molecular formula is C20H20N4O2S. The Balaban J connectivity index is 1.70. The van der Waals surface area contributed by atoms with Gasteiger partial charge in [0.2, 0.25) is 5.91 Å². The van der Waals surface area contributed by atoms with Gasteiger partial charge in [-0.1, -0.05) is 54.2 Å². The van der Waals surface area contributed by atoms with Gasteiger partial charge in [-0.05, 0) is 26.0 Å². The number of amides is 1. The molecule has 2 aromatic carbocycles. The molecule has 6 nitrogen and oxygen atoms in total. The van der Waals surface area contributed by atoms with Gasteiger partial charge in [-0.25, -0.2) is 0 Å². The Hall–Kier alpha value is -2.93. The SMILES string of the molecule is CC(C)n1cnnc1SCC(=O)Nc1ccccc1C(=O)c1ccccc1. The van der Waals surface area contributed by atoms with Crippen LogP contribution < -0.4 is 5.32 Å². The lowest BCUT2D eigenvalue weighted by atomic mass is 10.0. The fraction of sp³-hybridized carbons (Fsp3) is 0.200. The van der Waals surface area contributed by atoms with Crippen LogP contribution in [0.25, 0.3) is 0 Å². The molecule has 1 aromatic heterocycles. The first kappa shape index (κ1) is 18.8. The van der Waals surface area contributed by atoms with E-state index in [2.05, 4.69) is 15.5 Å². The lowest BCUT2D eigenvalue weighted by molar-refractivity contribution is -0.113. The van der Waals surface area contributed by atoms with Gasteiger partial charge in [-0.2, -0.15) is 0 Å². The molecule has 0 spiro atoms. The summed E-state index contributed by atoms with van der Waals surface area (Å²) < 4.78 is 1.91. The zero-order valence-electron chi connectivity index (χ0n) is 15.1. The fourth-order valence-corrected chi connectivity index (χ4v) is 3.39. The summed E-state index contributed by atoms with van der Waals surface area (Å²) in [5, 5.41) is 11.5. The largest absolute Gasteiger partial charge is 0.325 e. The number of para-hydroxylation sites is 1. The number of anilines is 1. The number of benzene rings is 2. The quantitative estimate of drug-likeness (QED) is 0.498. The summed E-state index contributed by atoms with van der Waals surface area (Å²) in [7, 11) is 0. The van der Waals surface area contributed by atoms with Gasteiger partial charge in [0.1, 0.15) is 6.33 Å². The Kier molecular flexibility index (Phi) is 6.03. The van der Waals surface area contributed by atoms with Crippen molar-refractivity contribution in [3.63, 3.8) is 0 Å². The molecule has 0 radical (unpaired) electrons. The normalized spacial score (nSPS) is 10.8. The smallest absolute Gasteiger partial charge is 0.234 e. The summed E-state index contributed by atoms with van der Waals surface area (Å²) in [5.41, 5.74) is 1.55. The number of rotatable bonds is 7. The van der Waals surface area contributed by atoms with Crippen molar-refractivity contribution in [2.24, 2.45) is 0 Å². The average molecular weight is 380 g/mol. The summed E-state index contributed by atoms with van der Waals surface area (Å²) in [5.74, 6) is -0.149. The fourth-order valence-electron chi connectivity index (χ4n) is 2.54. The first-order valence-corrected chi connectivity index (χ1v) is 9.55. The summed E-state index contributed by atoms with van der Waals surface area (Å²) in [6, 6.07) is 16.2. The van der Waals surface area contributed by atoms with Crippen LogP contribution >= 0.6 is 11.8 Å². The van der Waals surface area contributed by atoms with E-state index in [0.29, 0.717) is 22.0 Å². The van der Waals surface area contributed by atoms with Gasteiger partial charge >= 0.3 is 0 Å². The predicted octanol–water partition coefficient (Wildman–Crippen LogP) is 3.82. The zero-order chi connectivity index (χ0) is 19.2. The highest BCUT2D eigenvalue weighted by molar-refractivity contribution is 7.99. The van der Waals surface area contributed by atoms with E-state index in [9.17, 15) is 9.59 Å². The van der Waals surface area contributed by atoms with E-state index in [1.165, 1.54) is 11.8 Å². The molecule has 27 heavy (non-hydrogen) atoms. The molecule has 0 saturated heterocycles. The maximum atomic E-state index is 12.7. The van der Waals surface area contributed by atoms with Crippen LogP contribution in [0.2, 0.25) is 0 Å². The molecule has 3 rings (SSSR count). The van der Waals surface area contributed by atoms with E-state index in [-0.39, 0.29) is 23.5 Å². The van der Waals surface area contributed by atoms with Crippen LogP contribution in [0.4, 0.5) is 5.69 Å². The van der Waals surface area contributed by atoms with Gasteiger partial charge in [0.25, 0.3) is 0 Å². The molecule has 138 valence electrons. The summed E-state index contributed by atoms with van der Waals surface area (Å²) >= 11 is 1.31. The molecular weight excluding hydrogens is 360 g/mol. The number of carbonyl (C=O) groups is 2. The first-order valence-electron chi connectivity index (χ1n) is 8.57. The van der Waals surface area contributed by atoms with Gasteiger partial charge in [0, 0.05) is 17.2 Å². The second-order valence-corrected chi connectivity index (χ2v) is 7.13. The topological polar surface area (TPSA) is 76.9 Å². The monoisotopic (exact) mass is 380 g/mol. The average Bonchev–Trinajstić information content (AvgIpc) is 3.16. The van der Waals surface area contributed by atoms with Crippen molar-refractivity contribution in [1.82, 2.24) is 14.8 Å². The number of ketones is 1. The molecule has 7 heteroatoms. The number of hydrogen-bond acceptors (Lipinski definition) is 5. The van der Waals surface area contributed by atoms with E-state index in [0.717, 1.165) is 0 Å². The maximum Gasteiger partial charge on any atom is 0.234 e. The van der Waals surface area contributed by atoms with E-state index >= 15 is 0 Å². The van der Waals surface area contributed by atoms with Gasteiger partial charge in [0.05, 0.1) is 11.4 Å². The van der Waals surface area contributed by atoms with Crippen LogP contribution in [0.5, 0.6) is 0 Å². The van der Waals surface area contributed by atoms with Crippen molar-refractivity contribution in [3.8, 4) is 0 Å². The molecule has 1 N–H and O–H groups in total. The van der Waals surface area contributed by atoms with Crippen molar-refractivity contribution in [2.75, 3.05) is 11.1 Å². The van der Waals surface area contributed by atoms with E-state index in [1.54, 1.807) is 42.7 Å². The zero-order valence-corrected chi connectivity index (χ0v) is 15.9. The van der Waals surface area contributed by atoms with Crippen LogP contribution in [0, 0.1) is 0 Å². The molecule has 0 aliphatic heterocycles.